The van der Waals surface area contributed by atoms with Gasteiger partial charge in [-0.1, -0.05) is 0 Å². The number of hydrogen-bond acceptors (Lipinski definition) is 4. The molecule has 0 saturated heterocycles. The molecule has 0 amide bonds. The first-order valence-electron chi connectivity index (χ1n) is 5.65. The summed E-state index contributed by atoms with van der Waals surface area (Å²) in [4.78, 5) is 4.48. The van der Waals surface area contributed by atoms with Gasteiger partial charge in [0.2, 0.25) is 0 Å². The van der Waals surface area contributed by atoms with Gasteiger partial charge < -0.3 is 10.8 Å². The number of anilines is 1. The van der Waals surface area contributed by atoms with Gasteiger partial charge in [-0.15, -0.1) is 0 Å². The summed E-state index contributed by atoms with van der Waals surface area (Å²) < 4.78 is 1.71. The molecule has 0 bridgehead atoms. The van der Waals surface area contributed by atoms with E-state index in [9.17, 15) is 5.11 Å². The van der Waals surface area contributed by atoms with Crippen LogP contribution >= 0.6 is 0 Å². The van der Waals surface area contributed by atoms with Crippen LogP contribution in [0.4, 0.5) is 5.69 Å². The third-order valence-corrected chi connectivity index (χ3v) is 2.98. The van der Waals surface area contributed by atoms with Gasteiger partial charge in [0, 0.05) is 24.7 Å². The van der Waals surface area contributed by atoms with Gasteiger partial charge in [0.05, 0.1) is 5.56 Å². The van der Waals surface area contributed by atoms with Crippen molar-refractivity contribution in [3.8, 4) is 17.1 Å². The van der Waals surface area contributed by atoms with Crippen molar-refractivity contribution < 1.29 is 5.11 Å². The molecule has 0 atom stereocenters. The third-order valence-electron chi connectivity index (χ3n) is 2.98. The molecule has 1 saturated carbocycles. The van der Waals surface area contributed by atoms with E-state index in [1.165, 1.54) is 6.07 Å². The van der Waals surface area contributed by atoms with Crippen LogP contribution in [-0.4, -0.2) is 19.9 Å². The number of aryl methyl sites for hydroxylation is 1. The number of aromatic nitrogens is 3. The van der Waals surface area contributed by atoms with Crippen LogP contribution in [0.2, 0.25) is 0 Å². The van der Waals surface area contributed by atoms with Crippen molar-refractivity contribution in [2.75, 3.05) is 5.73 Å². The fourth-order valence-electron chi connectivity index (χ4n) is 1.89. The summed E-state index contributed by atoms with van der Waals surface area (Å²) in [5, 5.41) is 14.2. The lowest BCUT2D eigenvalue weighted by molar-refractivity contribution is 0.476. The molecule has 1 aromatic carbocycles. The summed E-state index contributed by atoms with van der Waals surface area (Å²) in [6.45, 7) is 0. The lowest BCUT2D eigenvalue weighted by Crippen LogP contribution is -1.95. The Hall–Kier alpha value is -2.04. The van der Waals surface area contributed by atoms with Gasteiger partial charge in [0.25, 0.3) is 0 Å². The van der Waals surface area contributed by atoms with Crippen LogP contribution in [0.15, 0.2) is 18.2 Å². The van der Waals surface area contributed by atoms with Crippen molar-refractivity contribution >= 4 is 5.69 Å². The Morgan fingerprint density at radius 1 is 1.41 bits per heavy atom. The number of nitrogens with two attached hydrogens (primary N) is 1. The average Bonchev–Trinajstić information content (AvgIpc) is 3.04. The molecule has 17 heavy (non-hydrogen) atoms. The predicted octanol–water partition coefficient (Wildman–Crippen LogP) is 1.65. The number of benzene rings is 1. The van der Waals surface area contributed by atoms with Gasteiger partial charge in [0.1, 0.15) is 5.75 Å². The van der Waals surface area contributed by atoms with E-state index >= 15 is 0 Å². The summed E-state index contributed by atoms with van der Waals surface area (Å²) >= 11 is 0. The van der Waals surface area contributed by atoms with E-state index < -0.39 is 0 Å². The van der Waals surface area contributed by atoms with E-state index in [1.807, 2.05) is 7.05 Å². The average molecular weight is 230 g/mol. The quantitative estimate of drug-likeness (QED) is 0.769. The van der Waals surface area contributed by atoms with E-state index in [4.69, 9.17) is 5.73 Å². The number of phenols is 1. The van der Waals surface area contributed by atoms with Gasteiger partial charge in [-0.3, -0.25) is 0 Å². The second-order valence-corrected chi connectivity index (χ2v) is 4.47. The lowest BCUT2D eigenvalue weighted by atomic mass is 10.1. The lowest BCUT2D eigenvalue weighted by Gasteiger charge is -2.03. The highest BCUT2D eigenvalue weighted by Crippen LogP contribution is 2.39. The number of aromatic hydroxyl groups is 1. The summed E-state index contributed by atoms with van der Waals surface area (Å²) in [5.41, 5.74) is 6.81. The van der Waals surface area contributed by atoms with Crippen LogP contribution in [0.25, 0.3) is 11.4 Å². The van der Waals surface area contributed by atoms with Gasteiger partial charge >= 0.3 is 0 Å². The molecule has 88 valence electrons. The molecular formula is C12H14N4O. The van der Waals surface area contributed by atoms with E-state index in [0.29, 0.717) is 23.0 Å². The van der Waals surface area contributed by atoms with E-state index in [2.05, 4.69) is 10.1 Å². The maximum Gasteiger partial charge on any atom is 0.161 e. The molecule has 0 unspecified atom stereocenters. The van der Waals surface area contributed by atoms with E-state index in [0.717, 1.165) is 18.7 Å². The first-order valence-corrected chi connectivity index (χ1v) is 5.65. The number of nitrogens with zero attached hydrogens (tertiary/aromatic N) is 3. The molecule has 1 heterocycles. The third kappa shape index (κ3) is 1.73. The van der Waals surface area contributed by atoms with Crippen LogP contribution < -0.4 is 5.73 Å². The van der Waals surface area contributed by atoms with Crippen molar-refractivity contribution in [1.29, 1.82) is 0 Å². The Morgan fingerprint density at radius 3 is 2.82 bits per heavy atom. The van der Waals surface area contributed by atoms with Crippen molar-refractivity contribution in [2.24, 2.45) is 7.05 Å². The molecule has 2 aromatic rings. The number of rotatable bonds is 2. The molecule has 1 aliphatic carbocycles. The fourth-order valence-corrected chi connectivity index (χ4v) is 1.89. The largest absolute Gasteiger partial charge is 0.507 e. The molecule has 3 N–H and O–H groups in total. The minimum absolute atomic E-state index is 0.142. The molecular weight excluding hydrogens is 216 g/mol. The van der Waals surface area contributed by atoms with Crippen molar-refractivity contribution in [2.45, 2.75) is 18.8 Å². The highest BCUT2D eigenvalue weighted by molar-refractivity contribution is 5.67. The topological polar surface area (TPSA) is 77.0 Å². The first-order chi connectivity index (χ1) is 8.15. The Balaban J connectivity index is 2.07. The van der Waals surface area contributed by atoms with Gasteiger partial charge in [-0.05, 0) is 25.0 Å². The Morgan fingerprint density at radius 2 is 2.18 bits per heavy atom. The van der Waals surface area contributed by atoms with Gasteiger partial charge in [-0.2, -0.15) is 5.10 Å². The zero-order chi connectivity index (χ0) is 12.0. The number of nitrogen functional groups attached to an aromatic ring is 1. The Kier molecular flexibility index (Phi) is 2.07. The van der Waals surface area contributed by atoms with Crippen molar-refractivity contribution in [1.82, 2.24) is 14.8 Å². The number of phenolic OH excluding ortho intramolecular Hbond substituents is 1. The van der Waals surface area contributed by atoms with Gasteiger partial charge in [-0.25, -0.2) is 9.67 Å². The molecule has 0 radical (unpaired) electrons. The molecule has 0 aliphatic heterocycles. The van der Waals surface area contributed by atoms with Gasteiger partial charge in [0.15, 0.2) is 11.6 Å². The second kappa shape index (κ2) is 3.48. The molecule has 1 aromatic heterocycles. The summed E-state index contributed by atoms with van der Waals surface area (Å²) in [5.74, 6) is 2.21. The maximum absolute atomic E-state index is 9.87. The predicted molar refractivity (Wildman–Crippen MR) is 64.5 cm³/mol. The normalized spacial score (nSPS) is 15.1. The minimum Gasteiger partial charge on any atom is -0.507 e. The van der Waals surface area contributed by atoms with Crippen molar-refractivity contribution in [3.05, 3.63) is 24.0 Å². The molecule has 1 aliphatic rings. The Labute approximate surface area is 98.9 Å². The monoisotopic (exact) mass is 230 g/mol. The van der Waals surface area contributed by atoms with Crippen LogP contribution in [0.3, 0.4) is 0 Å². The van der Waals surface area contributed by atoms with Crippen LogP contribution in [0.1, 0.15) is 24.6 Å². The van der Waals surface area contributed by atoms with E-state index in [-0.39, 0.29) is 5.75 Å². The summed E-state index contributed by atoms with van der Waals surface area (Å²) in [7, 11) is 1.84. The fraction of sp³-hybridized carbons (Fsp3) is 0.333. The molecule has 5 nitrogen and oxygen atoms in total. The zero-order valence-corrected chi connectivity index (χ0v) is 9.59. The van der Waals surface area contributed by atoms with Crippen LogP contribution in [-0.2, 0) is 7.05 Å². The van der Waals surface area contributed by atoms with Crippen LogP contribution in [0.5, 0.6) is 5.75 Å². The second-order valence-electron chi connectivity index (χ2n) is 4.47. The molecule has 1 fully saturated rings. The number of hydrogen-bond donors (Lipinski definition) is 2. The summed E-state index contributed by atoms with van der Waals surface area (Å²) in [6.07, 6.45) is 2.33. The molecule has 3 rings (SSSR count). The standard InChI is InChI=1S/C12H14N4O/c1-16-12(14-11(15-16)7-2-3-7)9-5-4-8(13)6-10(9)17/h4-7,17H,2-3,13H2,1H3. The first kappa shape index (κ1) is 10.1. The maximum atomic E-state index is 9.87. The smallest absolute Gasteiger partial charge is 0.161 e. The SMILES string of the molecule is Cn1nc(C2CC2)nc1-c1ccc(N)cc1O. The highest BCUT2D eigenvalue weighted by atomic mass is 16.3. The summed E-state index contributed by atoms with van der Waals surface area (Å²) in [6, 6.07) is 5.05. The minimum atomic E-state index is 0.142. The zero-order valence-electron chi connectivity index (χ0n) is 9.59. The van der Waals surface area contributed by atoms with Crippen molar-refractivity contribution in [3.63, 3.8) is 0 Å². The highest BCUT2D eigenvalue weighted by Gasteiger charge is 2.29. The Bertz CT molecular complexity index is 572. The molecule has 0 spiro atoms. The van der Waals surface area contributed by atoms with Crippen LogP contribution in [0, 0.1) is 0 Å². The van der Waals surface area contributed by atoms with E-state index in [1.54, 1.807) is 16.8 Å². The molecule has 5 heteroatoms.